The number of hydrogen-bond acceptors (Lipinski definition) is 2. The summed E-state index contributed by atoms with van der Waals surface area (Å²) in [6, 6.07) is 15.2. The first-order valence-electron chi connectivity index (χ1n) is 8.06. The average Bonchev–Trinajstić information content (AvgIpc) is 2.57. The van der Waals surface area contributed by atoms with E-state index in [1.165, 1.54) is 0 Å². The van der Waals surface area contributed by atoms with Crippen LogP contribution in [0.15, 0.2) is 53.0 Å². The normalized spacial score (nSPS) is 19.8. The van der Waals surface area contributed by atoms with E-state index in [2.05, 4.69) is 33.0 Å². The zero-order valence-corrected chi connectivity index (χ0v) is 15.5. The van der Waals surface area contributed by atoms with Gasteiger partial charge in [0.25, 0.3) is 0 Å². The van der Waals surface area contributed by atoms with Crippen molar-refractivity contribution in [3.8, 4) is 0 Å². The summed E-state index contributed by atoms with van der Waals surface area (Å²) >= 11 is 9.56. The van der Waals surface area contributed by atoms with Crippen LogP contribution >= 0.6 is 27.5 Å². The van der Waals surface area contributed by atoms with Gasteiger partial charge in [0.1, 0.15) is 6.04 Å². The fourth-order valence-corrected chi connectivity index (χ4v) is 3.97. The Bertz CT molecular complexity index is 720. The highest BCUT2D eigenvalue weighted by atomic mass is 79.9. The first-order valence-corrected chi connectivity index (χ1v) is 9.23. The summed E-state index contributed by atoms with van der Waals surface area (Å²) in [4.78, 5) is 13.9. The molecule has 2 atom stereocenters. The van der Waals surface area contributed by atoms with E-state index >= 15 is 0 Å². The Labute approximate surface area is 155 Å². The summed E-state index contributed by atoms with van der Waals surface area (Å²) < 4.78 is 0.989. The second-order valence-electron chi connectivity index (χ2n) is 6.10. The van der Waals surface area contributed by atoms with Crippen LogP contribution in [0.2, 0.25) is 5.02 Å². The lowest BCUT2D eigenvalue weighted by Gasteiger charge is -2.39. The number of halogens is 2. The fraction of sp³-hybridized carbons (Fsp3) is 0.316. The van der Waals surface area contributed by atoms with Gasteiger partial charge in [-0.05, 0) is 54.8 Å². The van der Waals surface area contributed by atoms with Crippen molar-refractivity contribution in [2.24, 2.45) is 0 Å². The number of carboxylic acids is 1. The number of aliphatic carboxylic acids is 1. The van der Waals surface area contributed by atoms with Gasteiger partial charge in [0.15, 0.2) is 0 Å². The van der Waals surface area contributed by atoms with Gasteiger partial charge in [-0.25, -0.2) is 0 Å². The second kappa shape index (κ2) is 7.68. The molecule has 2 aromatic rings. The minimum Gasteiger partial charge on any atom is -0.480 e. The third-order valence-electron chi connectivity index (χ3n) is 4.51. The van der Waals surface area contributed by atoms with E-state index in [-0.39, 0.29) is 6.04 Å². The molecule has 2 aromatic carbocycles. The molecule has 24 heavy (non-hydrogen) atoms. The Morgan fingerprint density at radius 2 is 1.92 bits per heavy atom. The first kappa shape index (κ1) is 17.5. The highest BCUT2D eigenvalue weighted by Crippen LogP contribution is 2.35. The van der Waals surface area contributed by atoms with Crippen LogP contribution in [0.5, 0.6) is 0 Å². The van der Waals surface area contributed by atoms with Crippen LogP contribution in [0.1, 0.15) is 36.4 Å². The third-order valence-corrected chi connectivity index (χ3v) is 5.26. The lowest BCUT2D eigenvalue weighted by Crippen LogP contribution is -2.46. The Morgan fingerprint density at radius 1 is 1.17 bits per heavy atom. The number of piperidine rings is 1. The predicted molar refractivity (Wildman–Crippen MR) is 99.4 cm³/mol. The summed E-state index contributed by atoms with van der Waals surface area (Å²) in [5.74, 6) is -0.747. The Kier molecular flexibility index (Phi) is 5.59. The van der Waals surface area contributed by atoms with Crippen LogP contribution in [0.4, 0.5) is 0 Å². The third kappa shape index (κ3) is 3.82. The topological polar surface area (TPSA) is 40.5 Å². The zero-order valence-electron chi connectivity index (χ0n) is 13.2. The lowest BCUT2D eigenvalue weighted by atomic mass is 9.92. The largest absolute Gasteiger partial charge is 0.480 e. The highest BCUT2D eigenvalue weighted by molar-refractivity contribution is 9.10. The predicted octanol–water partition coefficient (Wildman–Crippen LogP) is 5.13. The molecular formula is C19H19BrClNO2. The smallest absolute Gasteiger partial charge is 0.320 e. The fourth-order valence-electron chi connectivity index (χ4n) is 3.43. The number of benzene rings is 2. The minimum atomic E-state index is -0.747. The van der Waals surface area contributed by atoms with Gasteiger partial charge in [-0.1, -0.05) is 58.2 Å². The molecule has 0 radical (unpaired) electrons. The van der Waals surface area contributed by atoms with Crippen molar-refractivity contribution in [2.75, 3.05) is 6.54 Å². The minimum absolute atomic E-state index is 0.0961. The molecule has 1 aliphatic rings. The maximum absolute atomic E-state index is 11.8. The van der Waals surface area contributed by atoms with Crippen LogP contribution in [0.3, 0.4) is 0 Å². The number of likely N-dealkylation sites (tertiary alicyclic amines) is 1. The van der Waals surface area contributed by atoms with Crippen molar-refractivity contribution < 1.29 is 9.90 Å². The molecule has 2 unspecified atom stereocenters. The van der Waals surface area contributed by atoms with E-state index in [4.69, 9.17) is 11.6 Å². The van der Waals surface area contributed by atoms with Gasteiger partial charge in [0.2, 0.25) is 0 Å². The van der Waals surface area contributed by atoms with Crippen molar-refractivity contribution in [1.29, 1.82) is 0 Å². The number of nitrogens with zero attached hydrogens (tertiary/aromatic N) is 1. The lowest BCUT2D eigenvalue weighted by molar-refractivity contribution is -0.145. The number of carbonyl (C=O) groups is 1. The molecule has 0 aromatic heterocycles. The maximum atomic E-state index is 11.8. The standard InChI is InChI=1S/C19H19BrClNO2/c20-15-5-3-4-14(12-15)18(13-7-9-16(21)10-8-13)22-11-2-1-6-17(22)19(23)24/h3-5,7-10,12,17-18H,1-2,6,11H2,(H,23,24). The molecule has 1 aliphatic heterocycles. The Balaban J connectivity index is 2.07. The molecule has 126 valence electrons. The summed E-state index contributed by atoms with van der Waals surface area (Å²) in [5, 5.41) is 10.4. The van der Waals surface area contributed by atoms with E-state index in [0.29, 0.717) is 11.4 Å². The second-order valence-corrected chi connectivity index (χ2v) is 7.45. The van der Waals surface area contributed by atoms with Crippen molar-refractivity contribution in [3.05, 3.63) is 69.2 Å². The molecule has 3 nitrogen and oxygen atoms in total. The quantitative estimate of drug-likeness (QED) is 0.762. The van der Waals surface area contributed by atoms with Crippen LogP contribution in [-0.2, 0) is 4.79 Å². The van der Waals surface area contributed by atoms with Crippen LogP contribution < -0.4 is 0 Å². The molecular weight excluding hydrogens is 390 g/mol. The first-order chi connectivity index (χ1) is 11.6. The Morgan fingerprint density at radius 3 is 2.58 bits per heavy atom. The van der Waals surface area contributed by atoms with E-state index in [1.807, 2.05) is 36.4 Å². The van der Waals surface area contributed by atoms with Crippen molar-refractivity contribution in [2.45, 2.75) is 31.3 Å². The van der Waals surface area contributed by atoms with Gasteiger partial charge >= 0.3 is 5.97 Å². The SMILES string of the molecule is O=C(O)C1CCCCN1C(c1ccc(Cl)cc1)c1cccc(Br)c1. The van der Waals surface area contributed by atoms with Crippen LogP contribution in [-0.4, -0.2) is 28.6 Å². The molecule has 5 heteroatoms. The van der Waals surface area contributed by atoms with E-state index in [9.17, 15) is 9.90 Å². The summed E-state index contributed by atoms with van der Waals surface area (Å²) in [7, 11) is 0. The number of rotatable bonds is 4. The monoisotopic (exact) mass is 407 g/mol. The molecule has 3 rings (SSSR count). The summed E-state index contributed by atoms with van der Waals surface area (Å²) in [6.45, 7) is 0.775. The molecule has 1 fully saturated rings. The maximum Gasteiger partial charge on any atom is 0.320 e. The molecule has 1 heterocycles. The molecule has 0 saturated carbocycles. The molecule has 0 bridgehead atoms. The van der Waals surface area contributed by atoms with Gasteiger partial charge in [-0.3, -0.25) is 9.69 Å². The van der Waals surface area contributed by atoms with Crippen LogP contribution in [0, 0.1) is 0 Å². The zero-order chi connectivity index (χ0) is 17.1. The van der Waals surface area contributed by atoms with Gasteiger partial charge in [-0.15, -0.1) is 0 Å². The summed E-state index contributed by atoms with van der Waals surface area (Å²) in [5.41, 5.74) is 2.14. The molecule has 0 amide bonds. The van der Waals surface area contributed by atoms with Gasteiger partial charge < -0.3 is 5.11 Å². The van der Waals surface area contributed by atoms with E-state index in [1.54, 1.807) is 0 Å². The number of carboxylic acid groups (broad SMARTS) is 1. The molecule has 1 saturated heterocycles. The van der Waals surface area contributed by atoms with Gasteiger partial charge in [-0.2, -0.15) is 0 Å². The van der Waals surface area contributed by atoms with Crippen molar-refractivity contribution in [3.63, 3.8) is 0 Å². The van der Waals surface area contributed by atoms with Gasteiger partial charge in [0, 0.05) is 9.50 Å². The van der Waals surface area contributed by atoms with E-state index in [0.717, 1.165) is 35.0 Å². The molecule has 0 spiro atoms. The van der Waals surface area contributed by atoms with Crippen LogP contribution in [0.25, 0.3) is 0 Å². The molecule has 1 N–H and O–H groups in total. The van der Waals surface area contributed by atoms with E-state index < -0.39 is 12.0 Å². The average molecular weight is 409 g/mol. The van der Waals surface area contributed by atoms with Crippen molar-refractivity contribution in [1.82, 2.24) is 4.90 Å². The van der Waals surface area contributed by atoms with Gasteiger partial charge in [0.05, 0.1) is 6.04 Å². The molecule has 0 aliphatic carbocycles. The number of hydrogen-bond donors (Lipinski definition) is 1. The Hall–Kier alpha value is -1.36. The summed E-state index contributed by atoms with van der Waals surface area (Å²) in [6.07, 6.45) is 2.66. The highest BCUT2D eigenvalue weighted by Gasteiger charge is 2.35. The van der Waals surface area contributed by atoms with Crippen molar-refractivity contribution >= 4 is 33.5 Å².